The number of H-pyrrole nitrogens is 1. The van der Waals surface area contributed by atoms with Crippen molar-refractivity contribution in [2.75, 3.05) is 51.3 Å². The SMILES string of the molecule is CSCC[C@H](NC(=O)[C@@H]1CCCN1C(=O)[C@H](CC(N)=O)NC(=O)CNC(=O)CN)C(=O)N[C@@H](Cc1cnc[nH]1)C(=O)NCC(=O)N[C@@H](CC(C)C)C(=O)N[C@@H](CC(=O)O)C(=O)NCC(=O)N[C@@H](Cc1ccccc1)C(=O)NCC(=O)O. The zero-order valence-corrected chi connectivity index (χ0v) is 45.7. The molecule has 2 aromatic rings. The first-order chi connectivity index (χ1) is 38.4. The minimum atomic E-state index is -1.80. The van der Waals surface area contributed by atoms with Crippen LogP contribution in [0.5, 0.6) is 0 Å². The molecule has 7 atom stereocenters. The van der Waals surface area contributed by atoms with E-state index in [0.29, 0.717) is 23.4 Å². The molecule has 2 heterocycles. The van der Waals surface area contributed by atoms with Gasteiger partial charge >= 0.3 is 11.9 Å². The highest BCUT2D eigenvalue weighted by Crippen LogP contribution is 2.20. The van der Waals surface area contributed by atoms with E-state index in [0.717, 1.165) is 4.90 Å². The highest BCUT2D eigenvalue weighted by molar-refractivity contribution is 7.98. The number of thioether (sulfide) groups is 1. The van der Waals surface area contributed by atoms with Crippen LogP contribution >= 0.6 is 11.8 Å². The molecule has 0 saturated carbocycles. The maximum atomic E-state index is 14.0. The molecular formula is C49H71N15O16S. The van der Waals surface area contributed by atoms with E-state index in [4.69, 9.17) is 16.6 Å². The normalized spacial score (nSPS) is 14.9. The molecule has 0 aliphatic carbocycles. The molecule has 1 saturated heterocycles. The lowest BCUT2D eigenvalue weighted by molar-refractivity contribution is -0.143. The maximum Gasteiger partial charge on any atom is 0.322 e. The van der Waals surface area contributed by atoms with E-state index in [-0.39, 0.29) is 44.6 Å². The highest BCUT2D eigenvalue weighted by atomic mass is 32.2. The number of aromatic nitrogens is 2. The molecule has 0 spiro atoms. The van der Waals surface area contributed by atoms with E-state index in [2.05, 4.69) is 63.1 Å². The molecule has 17 N–H and O–H groups in total. The lowest BCUT2D eigenvalue weighted by Crippen LogP contribution is -2.59. The van der Waals surface area contributed by atoms with Gasteiger partial charge in [0.05, 0.1) is 45.3 Å². The number of carboxylic acid groups (broad SMARTS) is 2. The molecule has 1 aromatic carbocycles. The molecule has 1 aliphatic rings. The Bertz CT molecular complexity index is 2560. The van der Waals surface area contributed by atoms with Crippen LogP contribution in [-0.2, 0) is 80.0 Å². The lowest BCUT2D eigenvalue weighted by atomic mass is 10.0. The molecule has 1 aliphatic heterocycles. The summed E-state index contributed by atoms with van der Waals surface area (Å²) in [6.07, 6.45) is 2.97. The van der Waals surface area contributed by atoms with Gasteiger partial charge in [0.1, 0.15) is 48.8 Å². The number of nitrogens with two attached hydrogens (primary N) is 2. The van der Waals surface area contributed by atoms with E-state index in [1.165, 1.54) is 24.3 Å². The maximum absolute atomic E-state index is 14.0. The third-order valence-corrected chi connectivity index (χ3v) is 12.6. The van der Waals surface area contributed by atoms with E-state index in [9.17, 15) is 72.2 Å². The van der Waals surface area contributed by atoms with Gasteiger partial charge in [0.15, 0.2) is 0 Å². The standard InChI is InChI=1S/C49H71N15O16S/c1-26(2)14-30(47(78)63-33(18-41(70)71)45(76)55-23-40(69)59-31(43(74)56-24-42(72)73)15-27-8-5-4-6-9-27)58-39(68)22-54-44(75)32(16-28-20-52-25-57-28)62-46(77)29(11-13-81-3)61-48(79)35-10-7-12-64(35)49(80)34(17-36(51)65)60-38(67)21-53-37(66)19-50/h4-6,8-9,20,25-26,29-35H,7,10-19,21-24,50H2,1-3H3,(H2,51,65)(H,52,57)(H,53,66)(H,54,75)(H,55,76)(H,56,74)(H,58,68)(H,59,69)(H,60,67)(H,61,79)(H,62,77)(H,63,78)(H,70,71)(H,72,73)/t29-,30-,31-,32-,33-,34-,35-/m0/s1. The molecule has 12 amide bonds. The number of aromatic amines is 1. The van der Waals surface area contributed by atoms with Gasteiger partial charge in [-0.15, -0.1) is 0 Å². The molecule has 3 rings (SSSR count). The van der Waals surface area contributed by atoms with Crippen molar-refractivity contribution in [3.63, 3.8) is 0 Å². The van der Waals surface area contributed by atoms with E-state index < -0.39 is 171 Å². The molecule has 0 unspecified atom stereocenters. The molecular weight excluding hydrogens is 1090 g/mol. The number of hydrogen-bond donors (Lipinski definition) is 15. The number of carbonyl (C=O) groups is 14. The van der Waals surface area contributed by atoms with Crippen LogP contribution in [0.25, 0.3) is 0 Å². The van der Waals surface area contributed by atoms with Crippen molar-refractivity contribution >= 4 is 94.6 Å². The van der Waals surface area contributed by atoms with Gasteiger partial charge in [-0.1, -0.05) is 44.2 Å². The number of nitrogens with zero attached hydrogens (tertiary/aromatic N) is 2. The van der Waals surface area contributed by atoms with E-state index >= 15 is 0 Å². The Kier molecular flexibility index (Phi) is 28.2. The third kappa shape index (κ3) is 24.5. The van der Waals surface area contributed by atoms with Crippen LogP contribution in [0.3, 0.4) is 0 Å². The van der Waals surface area contributed by atoms with Gasteiger partial charge in [0, 0.05) is 31.3 Å². The highest BCUT2D eigenvalue weighted by Gasteiger charge is 2.40. The quantitative estimate of drug-likeness (QED) is 0.0305. The fourth-order valence-electron chi connectivity index (χ4n) is 8.05. The number of rotatable bonds is 35. The van der Waals surface area contributed by atoms with Crippen LogP contribution < -0.4 is 64.6 Å². The predicted octanol–water partition coefficient (Wildman–Crippen LogP) is -6.25. The summed E-state index contributed by atoms with van der Waals surface area (Å²) in [5.74, 6) is -13.4. The van der Waals surface area contributed by atoms with Crippen LogP contribution in [0, 0.1) is 5.92 Å². The van der Waals surface area contributed by atoms with E-state index in [1.54, 1.807) is 50.4 Å². The van der Waals surface area contributed by atoms with Crippen LogP contribution in [0.4, 0.5) is 0 Å². The fraction of sp³-hybridized carbons (Fsp3) is 0.531. The number of amides is 12. The van der Waals surface area contributed by atoms with Crippen LogP contribution in [0.1, 0.15) is 63.6 Å². The van der Waals surface area contributed by atoms with Gasteiger partial charge in [-0.2, -0.15) is 11.8 Å². The van der Waals surface area contributed by atoms with Crippen molar-refractivity contribution in [2.45, 2.75) is 108 Å². The number of carboxylic acids is 2. The summed E-state index contributed by atoms with van der Waals surface area (Å²) >= 11 is 1.34. The zero-order chi connectivity index (χ0) is 60.2. The van der Waals surface area contributed by atoms with Crippen molar-refractivity contribution in [3.05, 3.63) is 54.1 Å². The minimum absolute atomic E-state index is 0.0306. The first-order valence-electron chi connectivity index (χ1n) is 25.5. The van der Waals surface area contributed by atoms with Gasteiger partial charge in [-0.05, 0) is 49.2 Å². The Hall–Kier alpha value is -8.68. The molecule has 81 heavy (non-hydrogen) atoms. The molecule has 32 heteroatoms. The van der Waals surface area contributed by atoms with Crippen molar-refractivity contribution in [1.82, 2.24) is 68.0 Å². The number of primary amides is 1. The average Bonchev–Trinajstić information content (AvgIpc) is 4.16. The lowest BCUT2D eigenvalue weighted by Gasteiger charge is -2.30. The summed E-state index contributed by atoms with van der Waals surface area (Å²) in [5, 5.41) is 42.4. The Balaban J connectivity index is 1.71. The summed E-state index contributed by atoms with van der Waals surface area (Å²) in [5.41, 5.74) is 11.6. The number of benzene rings is 1. The second-order valence-electron chi connectivity index (χ2n) is 18.9. The van der Waals surface area contributed by atoms with E-state index in [1.807, 2.05) is 0 Å². The summed E-state index contributed by atoms with van der Waals surface area (Å²) < 4.78 is 0. The second-order valence-corrected chi connectivity index (χ2v) is 19.9. The zero-order valence-electron chi connectivity index (χ0n) is 44.8. The van der Waals surface area contributed by atoms with Crippen molar-refractivity contribution in [2.24, 2.45) is 17.4 Å². The Morgan fingerprint density at radius 2 is 1.21 bits per heavy atom. The Labute approximate surface area is 468 Å². The molecule has 31 nitrogen and oxygen atoms in total. The summed E-state index contributed by atoms with van der Waals surface area (Å²) in [6, 6.07) is -1.51. The summed E-state index contributed by atoms with van der Waals surface area (Å²) in [4.78, 5) is 189. The number of carbonyl (C=O) groups excluding carboxylic acids is 12. The number of nitrogens with one attached hydrogen (secondary N) is 11. The molecule has 1 fully saturated rings. The summed E-state index contributed by atoms with van der Waals surface area (Å²) in [6.45, 7) is 0.114. The van der Waals surface area contributed by atoms with Crippen LogP contribution in [0.2, 0.25) is 0 Å². The van der Waals surface area contributed by atoms with Gasteiger partial charge < -0.3 is 84.7 Å². The van der Waals surface area contributed by atoms with Gasteiger partial charge in [0.2, 0.25) is 70.9 Å². The molecule has 0 bridgehead atoms. The molecule has 1 aromatic heterocycles. The predicted molar refractivity (Wildman–Crippen MR) is 286 cm³/mol. The summed E-state index contributed by atoms with van der Waals surface area (Å²) in [7, 11) is 0. The third-order valence-electron chi connectivity index (χ3n) is 11.9. The monoisotopic (exact) mass is 1160 g/mol. The Morgan fingerprint density at radius 3 is 1.77 bits per heavy atom. The number of imidazole rings is 1. The van der Waals surface area contributed by atoms with Crippen LogP contribution in [-0.4, -0.2) is 201 Å². The van der Waals surface area contributed by atoms with Crippen molar-refractivity contribution in [3.8, 4) is 0 Å². The van der Waals surface area contributed by atoms with Gasteiger partial charge in [0.25, 0.3) is 0 Å². The van der Waals surface area contributed by atoms with Gasteiger partial charge in [-0.3, -0.25) is 67.1 Å². The first kappa shape index (κ1) is 66.6. The Morgan fingerprint density at radius 1 is 0.654 bits per heavy atom. The number of hydrogen-bond acceptors (Lipinski definition) is 17. The topological polar surface area (TPSA) is 484 Å². The smallest absolute Gasteiger partial charge is 0.322 e. The number of likely N-dealkylation sites (tertiary alicyclic amines) is 1. The molecule has 0 radical (unpaired) electrons. The minimum Gasteiger partial charge on any atom is -0.481 e. The second kappa shape index (κ2) is 34.4. The molecule has 444 valence electrons. The largest absolute Gasteiger partial charge is 0.481 e. The number of aliphatic carboxylic acids is 2. The van der Waals surface area contributed by atoms with Gasteiger partial charge in [-0.25, -0.2) is 4.98 Å². The van der Waals surface area contributed by atoms with Crippen molar-refractivity contribution < 1.29 is 77.3 Å². The average molecular weight is 1160 g/mol. The van der Waals surface area contributed by atoms with Crippen LogP contribution in [0.15, 0.2) is 42.9 Å². The van der Waals surface area contributed by atoms with Crippen molar-refractivity contribution in [1.29, 1.82) is 0 Å². The fourth-order valence-corrected chi connectivity index (χ4v) is 8.52. The first-order valence-corrected chi connectivity index (χ1v) is 26.9.